The fraction of sp³-hybridized carbons (Fsp3) is 0.538. The van der Waals surface area contributed by atoms with Gasteiger partial charge in [-0.05, 0) is 37.5 Å². The topological polar surface area (TPSA) is 35.2 Å². The molecule has 0 heterocycles. The number of nitrogen functional groups attached to an aromatic ring is 1. The van der Waals surface area contributed by atoms with Gasteiger partial charge in [-0.2, -0.15) is 0 Å². The van der Waals surface area contributed by atoms with Gasteiger partial charge in [-0.15, -0.1) is 0 Å². The third kappa shape index (κ3) is 2.00. The summed E-state index contributed by atoms with van der Waals surface area (Å²) in [4.78, 5) is 0. The molecule has 1 aliphatic carbocycles. The molecule has 1 fully saturated rings. The van der Waals surface area contributed by atoms with Crippen molar-refractivity contribution in [1.29, 1.82) is 0 Å². The quantitative estimate of drug-likeness (QED) is 0.767. The van der Waals surface area contributed by atoms with E-state index in [9.17, 15) is 0 Å². The molecule has 0 radical (unpaired) electrons. The summed E-state index contributed by atoms with van der Waals surface area (Å²) in [6.45, 7) is 3.71. The second-order valence-corrected chi connectivity index (χ2v) is 4.39. The first-order chi connectivity index (χ1) is 7.27. The Morgan fingerprint density at radius 1 is 1.27 bits per heavy atom. The molecular formula is C13H19NO. The van der Waals surface area contributed by atoms with Gasteiger partial charge in [0.05, 0.1) is 6.61 Å². The van der Waals surface area contributed by atoms with Crippen LogP contribution in [0.2, 0.25) is 0 Å². The molecule has 2 rings (SSSR count). The molecule has 0 amide bonds. The number of anilines is 1. The van der Waals surface area contributed by atoms with Crippen LogP contribution in [-0.4, -0.2) is 13.2 Å². The van der Waals surface area contributed by atoms with E-state index in [0.29, 0.717) is 0 Å². The van der Waals surface area contributed by atoms with Crippen LogP contribution in [0.15, 0.2) is 24.3 Å². The van der Waals surface area contributed by atoms with Crippen LogP contribution in [0.3, 0.4) is 0 Å². The SMILES string of the molecule is CCOCC1(c2ccc(N)cc2)CCC1. The summed E-state index contributed by atoms with van der Waals surface area (Å²) >= 11 is 0. The molecule has 1 saturated carbocycles. The lowest BCUT2D eigenvalue weighted by Crippen LogP contribution is -2.39. The van der Waals surface area contributed by atoms with Crippen LogP contribution in [0, 0.1) is 0 Å². The maximum atomic E-state index is 5.70. The Kier molecular flexibility index (Phi) is 2.96. The van der Waals surface area contributed by atoms with E-state index in [1.54, 1.807) is 0 Å². The molecule has 82 valence electrons. The average molecular weight is 205 g/mol. The van der Waals surface area contributed by atoms with E-state index in [1.807, 2.05) is 12.1 Å². The molecule has 2 nitrogen and oxygen atoms in total. The summed E-state index contributed by atoms with van der Waals surface area (Å²) in [6, 6.07) is 8.27. The minimum Gasteiger partial charge on any atom is -0.399 e. The summed E-state index contributed by atoms with van der Waals surface area (Å²) in [5, 5.41) is 0. The van der Waals surface area contributed by atoms with E-state index in [2.05, 4.69) is 19.1 Å². The molecular weight excluding hydrogens is 186 g/mol. The van der Waals surface area contributed by atoms with Gasteiger partial charge < -0.3 is 10.5 Å². The molecule has 0 bridgehead atoms. The van der Waals surface area contributed by atoms with Gasteiger partial charge in [-0.25, -0.2) is 0 Å². The third-order valence-corrected chi connectivity index (χ3v) is 3.42. The Morgan fingerprint density at radius 3 is 2.40 bits per heavy atom. The smallest absolute Gasteiger partial charge is 0.0562 e. The zero-order chi connectivity index (χ0) is 10.7. The minimum atomic E-state index is 0.281. The van der Waals surface area contributed by atoms with Crippen molar-refractivity contribution in [2.24, 2.45) is 0 Å². The van der Waals surface area contributed by atoms with Gasteiger partial charge in [0.15, 0.2) is 0 Å². The Labute approximate surface area is 91.4 Å². The monoisotopic (exact) mass is 205 g/mol. The maximum absolute atomic E-state index is 5.70. The molecule has 0 atom stereocenters. The highest BCUT2D eigenvalue weighted by atomic mass is 16.5. The number of nitrogens with two attached hydrogens (primary N) is 1. The fourth-order valence-electron chi connectivity index (χ4n) is 2.25. The molecule has 15 heavy (non-hydrogen) atoms. The fourth-order valence-corrected chi connectivity index (χ4v) is 2.25. The number of ether oxygens (including phenoxy) is 1. The first-order valence-corrected chi connectivity index (χ1v) is 5.71. The Hall–Kier alpha value is -1.02. The largest absolute Gasteiger partial charge is 0.399 e. The average Bonchev–Trinajstić information content (AvgIpc) is 2.19. The summed E-state index contributed by atoms with van der Waals surface area (Å²) in [6.07, 6.45) is 3.81. The van der Waals surface area contributed by atoms with E-state index < -0.39 is 0 Å². The summed E-state index contributed by atoms with van der Waals surface area (Å²) in [7, 11) is 0. The summed E-state index contributed by atoms with van der Waals surface area (Å²) in [5.74, 6) is 0. The highest BCUT2D eigenvalue weighted by Crippen LogP contribution is 2.44. The molecule has 1 aromatic carbocycles. The van der Waals surface area contributed by atoms with Crippen LogP contribution in [0.1, 0.15) is 31.7 Å². The van der Waals surface area contributed by atoms with Gasteiger partial charge in [0.25, 0.3) is 0 Å². The van der Waals surface area contributed by atoms with Gasteiger partial charge in [-0.1, -0.05) is 18.6 Å². The summed E-state index contributed by atoms with van der Waals surface area (Å²) in [5.41, 5.74) is 8.20. The van der Waals surface area contributed by atoms with Crippen LogP contribution in [0.25, 0.3) is 0 Å². The van der Waals surface area contributed by atoms with Crippen LogP contribution in [-0.2, 0) is 10.2 Å². The van der Waals surface area contributed by atoms with E-state index in [0.717, 1.165) is 18.9 Å². The van der Waals surface area contributed by atoms with E-state index in [-0.39, 0.29) is 5.41 Å². The van der Waals surface area contributed by atoms with Crippen molar-refractivity contribution in [3.63, 3.8) is 0 Å². The molecule has 0 aliphatic heterocycles. The van der Waals surface area contributed by atoms with Crippen molar-refractivity contribution >= 4 is 5.69 Å². The predicted molar refractivity (Wildman–Crippen MR) is 62.9 cm³/mol. The van der Waals surface area contributed by atoms with Gasteiger partial charge in [-0.3, -0.25) is 0 Å². The third-order valence-electron chi connectivity index (χ3n) is 3.42. The standard InChI is InChI=1S/C13H19NO/c1-2-15-10-13(8-3-9-13)11-4-6-12(14)7-5-11/h4-7H,2-3,8-10,14H2,1H3. The lowest BCUT2D eigenvalue weighted by Gasteiger charge is -2.42. The lowest BCUT2D eigenvalue weighted by atomic mass is 9.65. The van der Waals surface area contributed by atoms with E-state index >= 15 is 0 Å². The van der Waals surface area contributed by atoms with E-state index in [1.165, 1.54) is 24.8 Å². The highest BCUT2D eigenvalue weighted by molar-refractivity contribution is 5.42. The van der Waals surface area contributed by atoms with Gasteiger partial charge in [0, 0.05) is 17.7 Å². The Morgan fingerprint density at radius 2 is 1.93 bits per heavy atom. The second-order valence-electron chi connectivity index (χ2n) is 4.39. The first kappa shape index (κ1) is 10.5. The van der Waals surface area contributed by atoms with Crippen molar-refractivity contribution in [3.8, 4) is 0 Å². The maximum Gasteiger partial charge on any atom is 0.0562 e. The lowest BCUT2D eigenvalue weighted by molar-refractivity contribution is 0.0522. The Balaban J connectivity index is 2.14. The molecule has 0 aromatic heterocycles. The van der Waals surface area contributed by atoms with Crippen LogP contribution in [0.5, 0.6) is 0 Å². The zero-order valence-corrected chi connectivity index (χ0v) is 9.33. The number of hydrogen-bond donors (Lipinski definition) is 1. The van der Waals surface area contributed by atoms with Crippen LogP contribution >= 0.6 is 0 Å². The zero-order valence-electron chi connectivity index (χ0n) is 9.33. The highest BCUT2D eigenvalue weighted by Gasteiger charge is 2.38. The molecule has 0 saturated heterocycles. The van der Waals surface area contributed by atoms with Crippen LogP contribution in [0.4, 0.5) is 5.69 Å². The van der Waals surface area contributed by atoms with Crippen molar-refractivity contribution in [3.05, 3.63) is 29.8 Å². The van der Waals surface area contributed by atoms with Crippen molar-refractivity contribution in [2.75, 3.05) is 18.9 Å². The molecule has 1 aromatic rings. The number of benzene rings is 1. The van der Waals surface area contributed by atoms with Gasteiger partial charge in [0.1, 0.15) is 0 Å². The van der Waals surface area contributed by atoms with Crippen molar-refractivity contribution in [1.82, 2.24) is 0 Å². The number of hydrogen-bond acceptors (Lipinski definition) is 2. The minimum absolute atomic E-state index is 0.281. The predicted octanol–water partition coefficient (Wildman–Crippen LogP) is 2.73. The number of rotatable bonds is 4. The summed E-state index contributed by atoms with van der Waals surface area (Å²) < 4.78 is 5.59. The molecule has 0 unspecified atom stereocenters. The van der Waals surface area contributed by atoms with Crippen molar-refractivity contribution < 1.29 is 4.74 Å². The molecule has 1 aliphatic rings. The van der Waals surface area contributed by atoms with Crippen LogP contribution < -0.4 is 5.73 Å². The van der Waals surface area contributed by atoms with Gasteiger partial charge in [0.2, 0.25) is 0 Å². The Bertz CT molecular complexity index is 314. The first-order valence-electron chi connectivity index (χ1n) is 5.71. The van der Waals surface area contributed by atoms with Gasteiger partial charge >= 0.3 is 0 Å². The molecule has 2 heteroatoms. The van der Waals surface area contributed by atoms with E-state index in [4.69, 9.17) is 10.5 Å². The van der Waals surface area contributed by atoms with Crippen molar-refractivity contribution in [2.45, 2.75) is 31.6 Å². The molecule has 0 spiro atoms. The normalized spacial score (nSPS) is 18.5. The molecule has 2 N–H and O–H groups in total. The second kappa shape index (κ2) is 4.23.